The summed E-state index contributed by atoms with van der Waals surface area (Å²) in [7, 11) is 3.43. The van der Waals surface area contributed by atoms with E-state index in [1.807, 2.05) is 24.3 Å². The maximum atomic E-state index is 6.23. The topological polar surface area (TPSA) is 39.7 Å². The zero-order chi connectivity index (χ0) is 23.3. The zero-order valence-electron chi connectivity index (χ0n) is 19.6. The van der Waals surface area contributed by atoms with E-state index in [0.717, 1.165) is 41.3 Å². The molecule has 1 aliphatic rings. The molecule has 1 unspecified atom stereocenters. The maximum absolute atomic E-state index is 6.23. The number of rotatable bonds is 7. The van der Waals surface area contributed by atoms with Gasteiger partial charge in [-0.1, -0.05) is 66.7 Å². The molecule has 172 valence electrons. The van der Waals surface area contributed by atoms with Crippen LogP contribution in [0.15, 0.2) is 91.0 Å². The summed E-state index contributed by atoms with van der Waals surface area (Å²) in [6, 6.07) is 31.3. The number of hydrogen-bond donors (Lipinski definition) is 1. The van der Waals surface area contributed by atoms with E-state index in [2.05, 4.69) is 72.0 Å². The van der Waals surface area contributed by atoms with Crippen molar-refractivity contribution in [3.63, 3.8) is 0 Å². The summed E-state index contributed by atoms with van der Waals surface area (Å²) in [4.78, 5) is 0. The number of hydrogen-bond acceptors (Lipinski definition) is 4. The molecule has 1 heterocycles. The van der Waals surface area contributed by atoms with Gasteiger partial charge in [-0.05, 0) is 58.5 Å². The molecule has 0 fully saturated rings. The zero-order valence-corrected chi connectivity index (χ0v) is 19.6. The second-order valence-corrected chi connectivity index (χ2v) is 8.44. The van der Waals surface area contributed by atoms with Crippen LogP contribution in [-0.4, -0.2) is 20.8 Å². The van der Waals surface area contributed by atoms with E-state index in [0.29, 0.717) is 6.61 Å². The van der Waals surface area contributed by atoms with E-state index in [1.165, 1.54) is 22.3 Å². The fourth-order valence-corrected chi connectivity index (χ4v) is 4.62. The SMILES string of the molecule is COc1cc2c(cc1OCc1ccccc1)C(c1cc(-c3ccccc3)ccc1OC)NCC2. The van der Waals surface area contributed by atoms with Crippen molar-refractivity contribution in [1.82, 2.24) is 5.32 Å². The molecule has 0 saturated carbocycles. The Morgan fingerprint density at radius 1 is 0.706 bits per heavy atom. The van der Waals surface area contributed by atoms with Crippen LogP contribution < -0.4 is 19.5 Å². The van der Waals surface area contributed by atoms with Gasteiger partial charge in [0, 0.05) is 12.1 Å². The van der Waals surface area contributed by atoms with E-state index >= 15 is 0 Å². The van der Waals surface area contributed by atoms with Gasteiger partial charge in [-0.3, -0.25) is 0 Å². The third-order valence-electron chi connectivity index (χ3n) is 6.36. The number of benzene rings is 4. The van der Waals surface area contributed by atoms with Crippen LogP contribution in [-0.2, 0) is 13.0 Å². The molecule has 5 rings (SSSR count). The molecule has 0 aliphatic carbocycles. The second-order valence-electron chi connectivity index (χ2n) is 8.44. The van der Waals surface area contributed by atoms with Crippen LogP contribution >= 0.6 is 0 Å². The fraction of sp³-hybridized carbons (Fsp3) is 0.200. The van der Waals surface area contributed by atoms with E-state index in [-0.39, 0.29) is 6.04 Å². The largest absolute Gasteiger partial charge is 0.496 e. The van der Waals surface area contributed by atoms with Crippen molar-refractivity contribution in [2.75, 3.05) is 20.8 Å². The molecule has 4 aromatic carbocycles. The normalized spacial score (nSPS) is 14.8. The first-order chi connectivity index (χ1) is 16.8. The molecule has 0 amide bonds. The molecule has 1 atom stereocenters. The summed E-state index contributed by atoms with van der Waals surface area (Å²) in [5.74, 6) is 2.38. The highest BCUT2D eigenvalue weighted by Gasteiger charge is 2.27. The third-order valence-corrected chi connectivity index (χ3v) is 6.36. The van der Waals surface area contributed by atoms with E-state index in [9.17, 15) is 0 Å². The average molecular weight is 452 g/mol. The van der Waals surface area contributed by atoms with Gasteiger partial charge in [0.2, 0.25) is 0 Å². The molecular formula is C30H29NO3. The molecule has 0 aromatic heterocycles. The molecule has 4 heteroatoms. The van der Waals surface area contributed by atoms with Crippen LogP contribution in [0.1, 0.15) is 28.3 Å². The standard InChI is InChI=1S/C30H29NO3/c1-32-27-14-13-23(22-11-7-4-8-12-22)17-26(27)30-25-19-29(34-20-21-9-5-3-6-10-21)28(33-2)18-24(25)15-16-31-30/h3-14,17-19,30-31H,15-16,20H2,1-2H3. The smallest absolute Gasteiger partial charge is 0.162 e. The van der Waals surface area contributed by atoms with Crippen molar-refractivity contribution >= 4 is 0 Å². The molecule has 4 aromatic rings. The van der Waals surface area contributed by atoms with Gasteiger partial charge in [-0.15, -0.1) is 0 Å². The second kappa shape index (κ2) is 10.0. The van der Waals surface area contributed by atoms with Gasteiger partial charge >= 0.3 is 0 Å². The Hall–Kier alpha value is -3.76. The van der Waals surface area contributed by atoms with Crippen molar-refractivity contribution in [3.8, 4) is 28.4 Å². The van der Waals surface area contributed by atoms with Gasteiger partial charge in [-0.2, -0.15) is 0 Å². The summed E-state index contributed by atoms with van der Waals surface area (Å²) in [6.45, 7) is 1.37. The molecule has 0 spiro atoms. The first-order valence-electron chi connectivity index (χ1n) is 11.6. The van der Waals surface area contributed by atoms with Gasteiger partial charge in [0.05, 0.1) is 20.3 Å². The highest BCUT2D eigenvalue weighted by molar-refractivity contribution is 5.67. The number of ether oxygens (including phenoxy) is 3. The van der Waals surface area contributed by atoms with Crippen LogP contribution in [0, 0.1) is 0 Å². The minimum atomic E-state index is -0.00709. The lowest BCUT2D eigenvalue weighted by Crippen LogP contribution is -2.31. The predicted octanol–water partition coefficient (Wildman–Crippen LogP) is 6.18. The number of fused-ring (bicyclic) bond motifs is 1. The summed E-state index contributed by atoms with van der Waals surface area (Å²) < 4.78 is 17.7. The van der Waals surface area contributed by atoms with Gasteiger partial charge < -0.3 is 19.5 Å². The first kappa shape index (κ1) is 22.1. The monoisotopic (exact) mass is 451 g/mol. The quantitative estimate of drug-likeness (QED) is 0.364. The minimum Gasteiger partial charge on any atom is -0.496 e. The minimum absolute atomic E-state index is 0.00709. The Bertz CT molecular complexity index is 1260. The summed E-state index contributed by atoms with van der Waals surface area (Å²) >= 11 is 0. The van der Waals surface area contributed by atoms with E-state index < -0.39 is 0 Å². The van der Waals surface area contributed by atoms with Crippen LogP contribution in [0.25, 0.3) is 11.1 Å². The highest BCUT2D eigenvalue weighted by atomic mass is 16.5. The van der Waals surface area contributed by atoms with Crippen molar-refractivity contribution in [1.29, 1.82) is 0 Å². The molecule has 0 radical (unpaired) electrons. The van der Waals surface area contributed by atoms with Crippen LogP contribution in [0.4, 0.5) is 0 Å². The maximum Gasteiger partial charge on any atom is 0.162 e. The van der Waals surface area contributed by atoms with Crippen LogP contribution in [0.5, 0.6) is 17.2 Å². The van der Waals surface area contributed by atoms with Gasteiger partial charge in [-0.25, -0.2) is 0 Å². The lowest BCUT2D eigenvalue weighted by atomic mass is 9.87. The molecule has 34 heavy (non-hydrogen) atoms. The molecule has 1 aliphatic heterocycles. The Balaban J connectivity index is 1.54. The molecule has 0 bridgehead atoms. The Morgan fingerprint density at radius 3 is 2.18 bits per heavy atom. The number of nitrogens with one attached hydrogen (secondary N) is 1. The van der Waals surface area contributed by atoms with Crippen LogP contribution in [0.3, 0.4) is 0 Å². The Kier molecular flexibility index (Phi) is 6.50. The lowest BCUT2D eigenvalue weighted by Gasteiger charge is -2.30. The summed E-state index contributed by atoms with van der Waals surface area (Å²) in [5.41, 5.74) is 7.04. The predicted molar refractivity (Wildman–Crippen MR) is 136 cm³/mol. The highest BCUT2D eigenvalue weighted by Crippen LogP contribution is 2.41. The van der Waals surface area contributed by atoms with E-state index in [4.69, 9.17) is 14.2 Å². The average Bonchev–Trinajstić information content (AvgIpc) is 2.91. The Labute approximate surface area is 201 Å². The van der Waals surface area contributed by atoms with Crippen molar-refractivity contribution in [2.24, 2.45) is 0 Å². The Morgan fingerprint density at radius 2 is 1.44 bits per heavy atom. The van der Waals surface area contributed by atoms with E-state index in [1.54, 1.807) is 14.2 Å². The fourth-order valence-electron chi connectivity index (χ4n) is 4.62. The van der Waals surface area contributed by atoms with Crippen LogP contribution in [0.2, 0.25) is 0 Å². The third kappa shape index (κ3) is 4.50. The lowest BCUT2D eigenvalue weighted by molar-refractivity contribution is 0.283. The van der Waals surface area contributed by atoms with Gasteiger partial charge in [0.1, 0.15) is 12.4 Å². The molecule has 4 nitrogen and oxygen atoms in total. The summed E-state index contributed by atoms with van der Waals surface area (Å²) in [5, 5.41) is 3.71. The summed E-state index contributed by atoms with van der Waals surface area (Å²) in [6.07, 6.45) is 0.932. The van der Waals surface area contributed by atoms with Gasteiger partial charge in [0.25, 0.3) is 0 Å². The molecular weight excluding hydrogens is 422 g/mol. The first-order valence-corrected chi connectivity index (χ1v) is 11.6. The van der Waals surface area contributed by atoms with Crippen molar-refractivity contribution < 1.29 is 14.2 Å². The number of methoxy groups -OCH3 is 2. The van der Waals surface area contributed by atoms with Crippen molar-refractivity contribution in [2.45, 2.75) is 19.1 Å². The van der Waals surface area contributed by atoms with Crippen molar-refractivity contribution in [3.05, 3.63) is 113 Å². The molecule has 1 N–H and O–H groups in total. The van der Waals surface area contributed by atoms with Gasteiger partial charge in [0.15, 0.2) is 11.5 Å². The molecule has 0 saturated heterocycles.